The molecule has 5 nitrogen and oxygen atoms in total. The molecule has 0 aromatic carbocycles. The lowest BCUT2D eigenvalue weighted by Gasteiger charge is -2.11. The fourth-order valence-electron chi connectivity index (χ4n) is 1.84. The van der Waals surface area contributed by atoms with E-state index >= 15 is 0 Å². The lowest BCUT2D eigenvalue weighted by Crippen LogP contribution is -2.26. The first-order valence-corrected chi connectivity index (χ1v) is 6.61. The maximum atomic E-state index is 11.7. The quantitative estimate of drug-likeness (QED) is 0.689. The smallest absolute Gasteiger partial charge is 0.220 e. The molecule has 0 saturated heterocycles. The van der Waals surface area contributed by atoms with Gasteiger partial charge in [0.15, 0.2) is 0 Å². The number of aryl methyl sites for hydroxylation is 1. The average molecular weight is 252 g/mol. The number of nitrogens with one attached hydrogen (secondary N) is 1. The third kappa shape index (κ3) is 5.31. The number of hydrogen-bond donors (Lipinski definition) is 2. The van der Waals surface area contributed by atoms with Crippen LogP contribution >= 0.6 is 0 Å². The van der Waals surface area contributed by atoms with Gasteiger partial charge in [0, 0.05) is 25.2 Å². The van der Waals surface area contributed by atoms with Crippen molar-refractivity contribution in [1.82, 2.24) is 15.1 Å². The van der Waals surface area contributed by atoms with Crippen molar-refractivity contribution in [3.05, 3.63) is 18.0 Å². The van der Waals surface area contributed by atoms with E-state index in [0.717, 1.165) is 37.8 Å². The highest BCUT2D eigenvalue weighted by Gasteiger charge is 2.10. The van der Waals surface area contributed by atoms with Crippen LogP contribution in [0.25, 0.3) is 0 Å². The number of nitrogens with zero attached hydrogens (tertiary/aromatic N) is 2. The Morgan fingerprint density at radius 1 is 1.44 bits per heavy atom. The first kappa shape index (κ1) is 14.7. The van der Waals surface area contributed by atoms with Gasteiger partial charge in [0.05, 0.1) is 12.2 Å². The van der Waals surface area contributed by atoms with Crippen molar-refractivity contribution in [2.75, 3.05) is 6.54 Å². The molecule has 5 heteroatoms. The van der Waals surface area contributed by atoms with Crippen LogP contribution in [0.15, 0.2) is 12.4 Å². The first-order valence-electron chi connectivity index (χ1n) is 6.61. The maximum Gasteiger partial charge on any atom is 0.220 e. The van der Waals surface area contributed by atoms with Crippen molar-refractivity contribution in [2.24, 2.45) is 12.8 Å². The zero-order chi connectivity index (χ0) is 13.4. The Labute approximate surface area is 109 Å². The van der Waals surface area contributed by atoms with E-state index < -0.39 is 0 Å². The standard InChI is InChI=1S/C13H24N4O/c1-11(12-9-15-17(2)10-12)16-13(18)7-5-3-4-6-8-14/h9-11H,3-8,14H2,1-2H3,(H,16,18). The molecule has 0 fully saturated rings. The largest absolute Gasteiger partial charge is 0.349 e. The van der Waals surface area contributed by atoms with Crippen LogP contribution in [0.3, 0.4) is 0 Å². The minimum Gasteiger partial charge on any atom is -0.349 e. The van der Waals surface area contributed by atoms with Gasteiger partial charge in [-0.1, -0.05) is 12.8 Å². The Morgan fingerprint density at radius 2 is 2.17 bits per heavy atom. The topological polar surface area (TPSA) is 72.9 Å². The summed E-state index contributed by atoms with van der Waals surface area (Å²) < 4.78 is 1.74. The summed E-state index contributed by atoms with van der Waals surface area (Å²) in [6.07, 6.45) is 8.47. The highest BCUT2D eigenvalue weighted by molar-refractivity contribution is 5.76. The van der Waals surface area contributed by atoms with Gasteiger partial charge in [-0.25, -0.2) is 0 Å². The molecule has 102 valence electrons. The van der Waals surface area contributed by atoms with Crippen molar-refractivity contribution in [3.63, 3.8) is 0 Å². The number of aromatic nitrogens is 2. The van der Waals surface area contributed by atoms with E-state index in [1.165, 1.54) is 0 Å². The molecule has 0 radical (unpaired) electrons. The van der Waals surface area contributed by atoms with Gasteiger partial charge in [0.25, 0.3) is 0 Å². The van der Waals surface area contributed by atoms with Gasteiger partial charge in [0.2, 0.25) is 5.91 Å². The van der Waals surface area contributed by atoms with Crippen LogP contribution in [0.1, 0.15) is 50.6 Å². The molecule has 0 aliphatic heterocycles. The number of hydrogen-bond acceptors (Lipinski definition) is 3. The van der Waals surface area contributed by atoms with E-state index in [4.69, 9.17) is 5.73 Å². The van der Waals surface area contributed by atoms with E-state index in [2.05, 4.69) is 10.4 Å². The fraction of sp³-hybridized carbons (Fsp3) is 0.692. The Hall–Kier alpha value is -1.36. The molecule has 0 aliphatic rings. The number of rotatable bonds is 8. The molecule has 0 spiro atoms. The molecule has 18 heavy (non-hydrogen) atoms. The van der Waals surface area contributed by atoms with E-state index in [-0.39, 0.29) is 11.9 Å². The summed E-state index contributed by atoms with van der Waals surface area (Å²) >= 11 is 0. The van der Waals surface area contributed by atoms with E-state index in [0.29, 0.717) is 6.42 Å². The van der Waals surface area contributed by atoms with Crippen LogP contribution < -0.4 is 11.1 Å². The number of nitrogens with two attached hydrogens (primary N) is 1. The molecule has 1 atom stereocenters. The second-order valence-corrected chi connectivity index (χ2v) is 4.69. The van der Waals surface area contributed by atoms with Gasteiger partial charge < -0.3 is 11.1 Å². The molecular formula is C13H24N4O. The summed E-state index contributed by atoms with van der Waals surface area (Å²) in [4.78, 5) is 11.7. The van der Waals surface area contributed by atoms with Gasteiger partial charge in [-0.3, -0.25) is 9.48 Å². The van der Waals surface area contributed by atoms with Crippen LogP contribution in [0.2, 0.25) is 0 Å². The summed E-state index contributed by atoms with van der Waals surface area (Å²) in [6, 6.07) is 0.0234. The number of carbonyl (C=O) groups is 1. The monoisotopic (exact) mass is 252 g/mol. The van der Waals surface area contributed by atoms with Crippen molar-refractivity contribution < 1.29 is 4.79 Å². The number of amides is 1. The molecule has 0 aliphatic carbocycles. The predicted octanol–water partition coefficient (Wildman–Crippen LogP) is 1.51. The average Bonchev–Trinajstić information content (AvgIpc) is 2.75. The fourth-order valence-corrected chi connectivity index (χ4v) is 1.84. The van der Waals surface area contributed by atoms with Gasteiger partial charge in [0.1, 0.15) is 0 Å². The van der Waals surface area contributed by atoms with Crippen LogP contribution in [0, 0.1) is 0 Å². The minimum atomic E-state index is 0.0234. The number of unbranched alkanes of at least 4 members (excludes halogenated alkanes) is 3. The second-order valence-electron chi connectivity index (χ2n) is 4.69. The second kappa shape index (κ2) is 7.87. The Kier molecular flexibility index (Phi) is 6.43. The Morgan fingerprint density at radius 3 is 2.78 bits per heavy atom. The Bertz CT molecular complexity index is 362. The SMILES string of the molecule is CC(NC(=O)CCCCCCN)c1cnn(C)c1. The Balaban J connectivity index is 2.19. The first-order chi connectivity index (χ1) is 8.63. The third-order valence-electron chi connectivity index (χ3n) is 2.96. The summed E-state index contributed by atoms with van der Waals surface area (Å²) in [5.74, 6) is 0.110. The molecule has 0 bridgehead atoms. The van der Waals surface area contributed by atoms with Gasteiger partial charge in [-0.15, -0.1) is 0 Å². The summed E-state index contributed by atoms with van der Waals surface area (Å²) in [6.45, 7) is 2.72. The van der Waals surface area contributed by atoms with Gasteiger partial charge in [-0.2, -0.15) is 5.10 Å². The highest BCUT2D eigenvalue weighted by Crippen LogP contribution is 2.11. The predicted molar refractivity (Wildman–Crippen MR) is 71.9 cm³/mol. The molecular weight excluding hydrogens is 228 g/mol. The van der Waals surface area contributed by atoms with Crippen LogP contribution in [0.5, 0.6) is 0 Å². The van der Waals surface area contributed by atoms with Crippen LogP contribution in [0.4, 0.5) is 0 Å². The van der Waals surface area contributed by atoms with Gasteiger partial charge >= 0.3 is 0 Å². The molecule has 1 amide bonds. The van der Waals surface area contributed by atoms with E-state index in [1.54, 1.807) is 10.9 Å². The van der Waals surface area contributed by atoms with E-state index in [1.807, 2.05) is 20.2 Å². The van der Waals surface area contributed by atoms with Crippen molar-refractivity contribution in [3.8, 4) is 0 Å². The number of carbonyl (C=O) groups excluding carboxylic acids is 1. The van der Waals surface area contributed by atoms with Crippen molar-refractivity contribution >= 4 is 5.91 Å². The summed E-state index contributed by atoms with van der Waals surface area (Å²) in [5.41, 5.74) is 6.45. The summed E-state index contributed by atoms with van der Waals surface area (Å²) in [5, 5.41) is 7.08. The molecule has 0 saturated carbocycles. The molecule has 1 rings (SSSR count). The molecule has 3 N–H and O–H groups in total. The third-order valence-corrected chi connectivity index (χ3v) is 2.96. The molecule has 1 aromatic heterocycles. The lowest BCUT2D eigenvalue weighted by atomic mass is 10.1. The zero-order valence-electron chi connectivity index (χ0n) is 11.4. The van der Waals surface area contributed by atoms with Gasteiger partial charge in [-0.05, 0) is 26.3 Å². The molecule has 1 heterocycles. The summed E-state index contributed by atoms with van der Waals surface area (Å²) in [7, 11) is 1.87. The lowest BCUT2D eigenvalue weighted by molar-refractivity contribution is -0.121. The van der Waals surface area contributed by atoms with Crippen LogP contribution in [-0.4, -0.2) is 22.2 Å². The van der Waals surface area contributed by atoms with Crippen LogP contribution in [-0.2, 0) is 11.8 Å². The normalized spacial score (nSPS) is 12.4. The molecule has 1 unspecified atom stereocenters. The van der Waals surface area contributed by atoms with Crippen molar-refractivity contribution in [1.29, 1.82) is 0 Å². The minimum absolute atomic E-state index is 0.0234. The zero-order valence-corrected chi connectivity index (χ0v) is 11.4. The maximum absolute atomic E-state index is 11.7. The van der Waals surface area contributed by atoms with E-state index in [9.17, 15) is 4.79 Å². The highest BCUT2D eigenvalue weighted by atomic mass is 16.1. The molecule has 1 aromatic rings. The van der Waals surface area contributed by atoms with Crippen molar-refractivity contribution in [2.45, 2.75) is 45.1 Å².